The number of hydrogen-bond acceptors (Lipinski definition) is 3. The van der Waals surface area contributed by atoms with Crippen molar-refractivity contribution in [2.24, 2.45) is 0 Å². The summed E-state index contributed by atoms with van der Waals surface area (Å²) in [6, 6.07) is 15.9. The highest BCUT2D eigenvalue weighted by Gasteiger charge is 2.10. The number of halogens is 1. The quantitative estimate of drug-likeness (QED) is 0.803. The largest absolute Gasteiger partial charge is 0.316 e. The van der Waals surface area contributed by atoms with Gasteiger partial charge in [-0.1, -0.05) is 41.1 Å². The zero-order chi connectivity index (χ0) is 14.7. The molecular formula is C16H15ClN4. The van der Waals surface area contributed by atoms with E-state index < -0.39 is 0 Å². The van der Waals surface area contributed by atoms with Crippen LogP contribution in [0.3, 0.4) is 0 Å². The Kier molecular flexibility index (Phi) is 3.99. The molecule has 3 aromatic rings. The number of nitrogens with one attached hydrogen (secondary N) is 1. The maximum Gasteiger partial charge on any atom is 0.0944 e. The van der Waals surface area contributed by atoms with Gasteiger partial charge in [-0.15, -0.1) is 5.10 Å². The van der Waals surface area contributed by atoms with E-state index in [1.54, 1.807) is 6.20 Å². The highest BCUT2D eigenvalue weighted by atomic mass is 35.5. The van der Waals surface area contributed by atoms with Crippen LogP contribution in [0.2, 0.25) is 5.02 Å². The van der Waals surface area contributed by atoms with Crippen LogP contribution >= 0.6 is 11.6 Å². The van der Waals surface area contributed by atoms with Gasteiger partial charge in [-0.3, -0.25) is 0 Å². The smallest absolute Gasteiger partial charge is 0.0944 e. The van der Waals surface area contributed by atoms with E-state index in [2.05, 4.69) is 21.7 Å². The molecule has 0 saturated heterocycles. The zero-order valence-electron chi connectivity index (χ0n) is 11.6. The van der Waals surface area contributed by atoms with Crippen molar-refractivity contribution in [3.63, 3.8) is 0 Å². The molecule has 21 heavy (non-hydrogen) atoms. The Balaban J connectivity index is 2.06. The lowest BCUT2D eigenvalue weighted by Crippen LogP contribution is -2.06. The van der Waals surface area contributed by atoms with Crippen LogP contribution in [0.25, 0.3) is 16.9 Å². The standard InChI is InChI=1S/C16H15ClN4/c1-18-10-13-9-12(7-8-15(13)17)16-11-19-20-21(16)14-5-3-2-4-6-14/h2-9,11,18H,10H2,1H3. The fourth-order valence-corrected chi connectivity index (χ4v) is 2.44. The van der Waals surface area contributed by atoms with E-state index in [0.29, 0.717) is 0 Å². The summed E-state index contributed by atoms with van der Waals surface area (Å²) in [5.74, 6) is 0. The van der Waals surface area contributed by atoms with Crippen LogP contribution in [0.15, 0.2) is 54.7 Å². The second kappa shape index (κ2) is 6.08. The van der Waals surface area contributed by atoms with E-state index >= 15 is 0 Å². The third-order valence-electron chi connectivity index (χ3n) is 3.26. The predicted molar refractivity (Wildman–Crippen MR) is 84.6 cm³/mol. The molecular weight excluding hydrogens is 284 g/mol. The Bertz CT molecular complexity index is 737. The molecule has 0 saturated carbocycles. The molecule has 0 radical (unpaired) electrons. The van der Waals surface area contributed by atoms with E-state index in [1.807, 2.05) is 54.2 Å². The van der Waals surface area contributed by atoms with E-state index in [4.69, 9.17) is 11.6 Å². The maximum atomic E-state index is 6.22. The second-order valence-corrected chi connectivity index (χ2v) is 5.11. The van der Waals surface area contributed by atoms with Gasteiger partial charge < -0.3 is 5.32 Å². The van der Waals surface area contributed by atoms with E-state index in [1.165, 1.54) is 0 Å². The molecule has 2 aromatic carbocycles. The molecule has 0 fully saturated rings. The molecule has 3 rings (SSSR count). The predicted octanol–water partition coefficient (Wildman–Crippen LogP) is 3.31. The summed E-state index contributed by atoms with van der Waals surface area (Å²) in [4.78, 5) is 0. The van der Waals surface area contributed by atoms with Gasteiger partial charge in [-0.05, 0) is 36.9 Å². The fourth-order valence-electron chi connectivity index (χ4n) is 2.25. The second-order valence-electron chi connectivity index (χ2n) is 4.70. The molecule has 0 unspecified atom stereocenters. The van der Waals surface area contributed by atoms with Crippen molar-refractivity contribution < 1.29 is 0 Å². The summed E-state index contributed by atoms with van der Waals surface area (Å²) in [6.07, 6.45) is 1.76. The first kappa shape index (κ1) is 13.8. The summed E-state index contributed by atoms with van der Waals surface area (Å²) in [6.45, 7) is 0.722. The highest BCUT2D eigenvalue weighted by Crippen LogP contribution is 2.26. The van der Waals surface area contributed by atoms with Crippen molar-refractivity contribution in [2.75, 3.05) is 7.05 Å². The average Bonchev–Trinajstić information content (AvgIpc) is 3.00. The monoisotopic (exact) mass is 298 g/mol. The first-order valence-corrected chi connectivity index (χ1v) is 7.07. The Labute approximate surface area is 128 Å². The third kappa shape index (κ3) is 2.82. The summed E-state index contributed by atoms with van der Waals surface area (Å²) < 4.78 is 1.83. The van der Waals surface area contributed by atoms with Crippen LogP contribution in [-0.4, -0.2) is 22.0 Å². The number of nitrogens with zero attached hydrogens (tertiary/aromatic N) is 3. The lowest BCUT2D eigenvalue weighted by molar-refractivity contribution is 0.806. The average molecular weight is 299 g/mol. The van der Waals surface area contributed by atoms with Gasteiger partial charge in [-0.25, -0.2) is 4.68 Å². The fraction of sp³-hybridized carbons (Fsp3) is 0.125. The SMILES string of the molecule is CNCc1cc(-c2cnnn2-c2ccccc2)ccc1Cl. The first-order valence-electron chi connectivity index (χ1n) is 6.69. The summed E-state index contributed by atoms with van der Waals surface area (Å²) in [5.41, 5.74) is 4.02. The van der Waals surface area contributed by atoms with Crippen LogP contribution in [0, 0.1) is 0 Å². The summed E-state index contributed by atoms with van der Waals surface area (Å²) in [5, 5.41) is 12.1. The zero-order valence-corrected chi connectivity index (χ0v) is 12.4. The van der Waals surface area contributed by atoms with Crippen LogP contribution in [0.5, 0.6) is 0 Å². The van der Waals surface area contributed by atoms with Crippen LogP contribution in [0.1, 0.15) is 5.56 Å². The van der Waals surface area contributed by atoms with Crippen molar-refractivity contribution in [1.29, 1.82) is 0 Å². The van der Waals surface area contributed by atoms with Gasteiger partial charge in [0.15, 0.2) is 0 Å². The summed E-state index contributed by atoms with van der Waals surface area (Å²) >= 11 is 6.22. The van der Waals surface area contributed by atoms with Crippen LogP contribution in [0.4, 0.5) is 0 Å². The Morgan fingerprint density at radius 2 is 1.95 bits per heavy atom. The number of aromatic nitrogens is 3. The van der Waals surface area contributed by atoms with E-state index in [0.717, 1.165) is 34.1 Å². The van der Waals surface area contributed by atoms with Gasteiger partial charge in [0.1, 0.15) is 0 Å². The number of hydrogen-bond donors (Lipinski definition) is 1. The molecule has 0 amide bonds. The minimum Gasteiger partial charge on any atom is -0.316 e. The van der Waals surface area contributed by atoms with Gasteiger partial charge in [0.25, 0.3) is 0 Å². The normalized spacial score (nSPS) is 10.8. The van der Waals surface area contributed by atoms with Crippen LogP contribution in [-0.2, 0) is 6.54 Å². The van der Waals surface area contributed by atoms with Gasteiger partial charge in [-0.2, -0.15) is 0 Å². The molecule has 0 bridgehead atoms. The van der Waals surface area contributed by atoms with Gasteiger partial charge in [0, 0.05) is 17.1 Å². The van der Waals surface area contributed by atoms with E-state index in [9.17, 15) is 0 Å². The topological polar surface area (TPSA) is 42.7 Å². The molecule has 0 spiro atoms. The lowest BCUT2D eigenvalue weighted by atomic mass is 10.1. The molecule has 106 valence electrons. The third-order valence-corrected chi connectivity index (χ3v) is 3.63. The minimum absolute atomic E-state index is 0.722. The maximum absolute atomic E-state index is 6.22. The van der Waals surface area contributed by atoms with Crippen molar-refractivity contribution in [3.8, 4) is 16.9 Å². The van der Waals surface area contributed by atoms with Crippen molar-refractivity contribution >= 4 is 11.6 Å². The molecule has 0 aliphatic carbocycles. The first-order chi connectivity index (χ1) is 10.3. The highest BCUT2D eigenvalue weighted by molar-refractivity contribution is 6.31. The van der Waals surface area contributed by atoms with Gasteiger partial charge in [0.05, 0.1) is 17.6 Å². The molecule has 4 nitrogen and oxygen atoms in total. The molecule has 0 aliphatic heterocycles. The lowest BCUT2D eigenvalue weighted by Gasteiger charge is -2.09. The molecule has 1 N–H and O–H groups in total. The minimum atomic E-state index is 0.722. The number of para-hydroxylation sites is 1. The van der Waals surface area contributed by atoms with Gasteiger partial charge in [0.2, 0.25) is 0 Å². The van der Waals surface area contributed by atoms with Gasteiger partial charge >= 0.3 is 0 Å². The van der Waals surface area contributed by atoms with Crippen molar-refractivity contribution in [2.45, 2.75) is 6.54 Å². The van der Waals surface area contributed by atoms with Crippen molar-refractivity contribution in [1.82, 2.24) is 20.3 Å². The Morgan fingerprint density at radius 1 is 1.14 bits per heavy atom. The Hall–Kier alpha value is -2.17. The number of rotatable bonds is 4. The molecule has 0 aliphatic rings. The molecule has 1 aromatic heterocycles. The Morgan fingerprint density at radius 3 is 2.71 bits per heavy atom. The summed E-state index contributed by atoms with van der Waals surface area (Å²) in [7, 11) is 1.90. The molecule has 1 heterocycles. The molecule has 0 atom stereocenters. The molecule has 5 heteroatoms. The number of benzene rings is 2. The van der Waals surface area contributed by atoms with Crippen molar-refractivity contribution in [3.05, 3.63) is 65.3 Å². The van der Waals surface area contributed by atoms with Crippen LogP contribution < -0.4 is 5.32 Å². The van der Waals surface area contributed by atoms with E-state index in [-0.39, 0.29) is 0 Å².